The number of nitrogens with two attached hydrogens (primary N) is 1. The highest BCUT2D eigenvalue weighted by Gasteiger charge is 2.49. The van der Waals surface area contributed by atoms with Gasteiger partial charge in [0, 0.05) is 18.7 Å². The van der Waals surface area contributed by atoms with E-state index in [0.717, 1.165) is 16.8 Å². The summed E-state index contributed by atoms with van der Waals surface area (Å²) in [6.07, 6.45) is -12.7. The predicted molar refractivity (Wildman–Crippen MR) is 88.7 cm³/mol. The number of ether oxygens (including phenoxy) is 2. The SMILES string of the molecule is NC1C(O)OC(CC(O)C2OC(n3ccc(=O)[nH]c3=O)C(O)C2O)C(O)C1O. The van der Waals surface area contributed by atoms with Gasteiger partial charge in [-0.05, 0) is 0 Å². The number of aromatic nitrogens is 2. The third-order valence-electron chi connectivity index (χ3n) is 5.02. The Morgan fingerprint density at radius 1 is 1.07 bits per heavy atom. The standard InChI is InChI=1S/C15H23N3O10/c16-7-9(22)8(21)5(27-14(7)25)3-4(19)12-10(23)11(24)13(28-12)18-2-1-6(20)17-15(18)26/h1-2,4-5,7-14,19,21-25H,3,16H2,(H,17,20,26). The maximum atomic E-state index is 11.9. The molecule has 0 radical (unpaired) electrons. The zero-order chi connectivity index (χ0) is 20.7. The normalized spacial score (nSPS) is 42.5. The van der Waals surface area contributed by atoms with E-state index < -0.39 is 72.5 Å². The molecule has 10 atom stereocenters. The molecular formula is C15H23N3O10. The summed E-state index contributed by atoms with van der Waals surface area (Å²) in [5, 5.41) is 60.3. The Bertz CT molecular complexity index is 799. The number of H-pyrrole nitrogens is 1. The van der Waals surface area contributed by atoms with E-state index in [2.05, 4.69) is 0 Å². The molecule has 2 saturated heterocycles. The van der Waals surface area contributed by atoms with Crippen LogP contribution in [-0.4, -0.2) is 95.2 Å². The number of rotatable bonds is 4. The monoisotopic (exact) mass is 405 g/mol. The summed E-state index contributed by atoms with van der Waals surface area (Å²) in [6.45, 7) is 0. The highest BCUT2D eigenvalue weighted by molar-refractivity contribution is 4.98. The zero-order valence-electron chi connectivity index (χ0n) is 14.5. The lowest BCUT2D eigenvalue weighted by Gasteiger charge is -2.40. The molecule has 9 N–H and O–H groups in total. The molecule has 2 fully saturated rings. The number of aliphatic hydroxyl groups excluding tert-OH is 6. The fourth-order valence-electron chi connectivity index (χ4n) is 3.39. The zero-order valence-corrected chi connectivity index (χ0v) is 14.5. The number of aliphatic hydroxyl groups is 6. The average Bonchev–Trinajstić information content (AvgIpc) is 2.93. The van der Waals surface area contributed by atoms with E-state index in [9.17, 15) is 40.2 Å². The van der Waals surface area contributed by atoms with Crippen molar-refractivity contribution in [2.75, 3.05) is 0 Å². The second-order valence-corrected chi connectivity index (χ2v) is 6.92. The van der Waals surface area contributed by atoms with E-state index in [1.54, 1.807) is 0 Å². The molecule has 0 aromatic carbocycles. The second-order valence-electron chi connectivity index (χ2n) is 6.92. The lowest BCUT2D eigenvalue weighted by Crippen LogP contribution is -2.61. The number of hydrogen-bond acceptors (Lipinski definition) is 11. The van der Waals surface area contributed by atoms with Crippen molar-refractivity contribution < 1.29 is 40.1 Å². The third-order valence-corrected chi connectivity index (χ3v) is 5.02. The summed E-state index contributed by atoms with van der Waals surface area (Å²) in [6, 6.07) is -0.221. The molecule has 0 saturated carbocycles. The van der Waals surface area contributed by atoms with E-state index in [0.29, 0.717) is 0 Å². The fraction of sp³-hybridized carbons (Fsp3) is 0.733. The summed E-state index contributed by atoms with van der Waals surface area (Å²) in [4.78, 5) is 25.0. The number of aromatic amines is 1. The van der Waals surface area contributed by atoms with Crippen molar-refractivity contribution in [1.82, 2.24) is 9.55 Å². The molecule has 0 spiro atoms. The van der Waals surface area contributed by atoms with Gasteiger partial charge in [-0.3, -0.25) is 14.3 Å². The van der Waals surface area contributed by atoms with E-state index in [1.165, 1.54) is 0 Å². The highest BCUT2D eigenvalue weighted by Crippen LogP contribution is 2.32. The Balaban J connectivity index is 1.73. The first kappa shape index (κ1) is 21.0. The second kappa shape index (κ2) is 7.98. The molecule has 3 rings (SSSR count). The van der Waals surface area contributed by atoms with Crippen molar-refractivity contribution in [2.45, 2.75) is 67.7 Å². The molecule has 2 aliphatic heterocycles. The van der Waals surface area contributed by atoms with Gasteiger partial charge in [-0.2, -0.15) is 0 Å². The summed E-state index contributed by atoms with van der Waals surface area (Å²) >= 11 is 0. The largest absolute Gasteiger partial charge is 0.390 e. The van der Waals surface area contributed by atoms with Crippen LogP contribution in [0.25, 0.3) is 0 Å². The van der Waals surface area contributed by atoms with Crippen LogP contribution in [0.5, 0.6) is 0 Å². The first-order chi connectivity index (χ1) is 13.1. The van der Waals surface area contributed by atoms with Crippen molar-refractivity contribution in [1.29, 1.82) is 0 Å². The van der Waals surface area contributed by atoms with Crippen molar-refractivity contribution >= 4 is 0 Å². The summed E-state index contributed by atoms with van der Waals surface area (Å²) in [7, 11) is 0. The van der Waals surface area contributed by atoms with E-state index in [1.807, 2.05) is 4.98 Å². The lowest BCUT2D eigenvalue weighted by atomic mass is 9.92. The smallest absolute Gasteiger partial charge is 0.330 e. The van der Waals surface area contributed by atoms with Crippen LogP contribution in [0.1, 0.15) is 12.6 Å². The lowest BCUT2D eigenvalue weighted by molar-refractivity contribution is -0.250. The number of hydrogen-bond donors (Lipinski definition) is 8. The van der Waals surface area contributed by atoms with Gasteiger partial charge in [0.15, 0.2) is 12.5 Å². The molecule has 13 nitrogen and oxygen atoms in total. The van der Waals surface area contributed by atoms with Crippen LogP contribution in [0.4, 0.5) is 0 Å². The van der Waals surface area contributed by atoms with E-state index in [-0.39, 0.29) is 6.42 Å². The van der Waals surface area contributed by atoms with E-state index in [4.69, 9.17) is 15.2 Å². The minimum Gasteiger partial charge on any atom is -0.390 e. The molecule has 2 aliphatic rings. The number of nitrogens with zero attached hydrogens (tertiary/aromatic N) is 1. The molecular weight excluding hydrogens is 382 g/mol. The van der Waals surface area contributed by atoms with Gasteiger partial charge >= 0.3 is 5.69 Å². The van der Waals surface area contributed by atoms with Gasteiger partial charge in [0.25, 0.3) is 5.56 Å². The molecule has 10 unspecified atom stereocenters. The molecule has 1 aromatic heterocycles. The Labute approximate surface area is 157 Å². The topological polar surface area (TPSA) is 221 Å². The average molecular weight is 405 g/mol. The Morgan fingerprint density at radius 3 is 2.39 bits per heavy atom. The predicted octanol–water partition coefficient (Wildman–Crippen LogP) is -5.33. The van der Waals surface area contributed by atoms with Gasteiger partial charge < -0.3 is 45.8 Å². The van der Waals surface area contributed by atoms with Crippen LogP contribution in [0.2, 0.25) is 0 Å². The third kappa shape index (κ3) is 3.76. The molecule has 0 amide bonds. The van der Waals surface area contributed by atoms with Gasteiger partial charge in [-0.15, -0.1) is 0 Å². The minimum atomic E-state index is -1.61. The maximum Gasteiger partial charge on any atom is 0.330 e. The van der Waals surface area contributed by atoms with Crippen LogP contribution in [0.3, 0.4) is 0 Å². The van der Waals surface area contributed by atoms with Crippen LogP contribution in [0.15, 0.2) is 21.9 Å². The highest BCUT2D eigenvalue weighted by atomic mass is 16.6. The van der Waals surface area contributed by atoms with Gasteiger partial charge in [0.05, 0.1) is 18.2 Å². The van der Waals surface area contributed by atoms with Crippen molar-refractivity contribution in [3.8, 4) is 0 Å². The first-order valence-corrected chi connectivity index (χ1v) is 8.58. The molecule has 28 heavy (non-hydrogen) atoms. The van der Waals surface area contributed by atoms with Gasteiger partial charge in [-0.25, -0.2) is 4.79 Å². The van der Waals surface area contributed by atoms with Crippen LogP contribution < -0.4 is 17.0 Å². The van der Waals surface area contributed by atoms with Crippen LogP contribution in [-0.2, 0) is 9.47 Å². The molecule has 13 heteroatoms. The quantitative estimate of drug-likeness (QED) is 0.236. The summed E-state index contributed by atoms with van der Waals surface area (Å²) in [5.41, 5.74) is 3.93. The Morgan fingerprint density at radius 2 is 1.75 bits per heavy atom. The van der Waals surface area contributed by atoms with Gasteiger partial charge in [0.2, 0.25) is 0 Å². The van der Waals surface area contributed by atoms with Crippen molar-refractivity contribution in [3.63, 3.8) is 0 Å². The molecule has 158 valence electrons. The van der Waals surface area contributed by atoms with E-state index >= 15 is 0 Å². The molecule has 0 aliphatic carbocycles. The summed E-state index contributed by atoms with van der Waals surface area (Å²) < 4.78 is 11.3. The fourth-order valence-corrected chi connectivity index (χ4v) is 3.39. The first-order valence-electron chi connectivity index (χ1n) is 8.58. The molecule has 3 heterocycles. The van der Waals surface area contributed by atoms with Gasteiger partial charge in [0.1, 0.15) is 30.5 Å². The maximum absolute atomic E-state index is 11.9. The molecule has 1 aromatic rings. The Kier molecular flexibility index (Phi) is 6.00. The summed E-state index contributed by atoms with van der Waals surface area (Å²) in [5.74, 6) is 0. The number of nitrogens with one attached hydrogen (secondary N) is 1. The van der Waals surface area contributed by atoms with Crippen LogP contribution >= 0.6 is 0 Å². The minimum absolute atomic E-state index is 0.385. The van der Waals surface area contributed by atoms with Gasteiger partial charge in [-0.1, -0.05) is 0 Å². The Hall–Kier alpha value is -1.68. The van der Waals surface area contributed by atoms with Crippen molar-refractivity contribution in [2.24, 2.45) is 5.73 Å². The molecule has 0 bridgehead atoms. The van der Waals surface area contributed by atoms with Crippen molar-refractivity contribution in [3.05, 3.63) is 33.1 Å². The van der Waals surface area contributed by atoms with Crippen LogP contribution in [0, 0.1) is 0 Å².